The highest BCUT2D eigenvalue weighted by Gasteiger charge is 2.87. The number of benzene rings is 11. The summed E-state index contributed by atoms with van der Waals surface area (Å²) in [7, 11) is 0. The van der Waals surface area contributed by atoms with Crippen molar-refractivity contribution in [3.8, 4) is 11.5 Å². The van der Waals surface area contributed by atoms with Crippen molar-refractivity contribution in [1.29, 1.82) is 0 Å². The number of esters is 2. The molecular weight excluding hydrogens is 1060 g/mol. The Bertz CT molecular complexity index is 5190. The molecule has 14 aromatic carbocycles. The number of ether oxygens (including phenoxy) is 6. The molecule has 2 unspecified atom stereocenters. The van der Waals surface area contributed by atoms with Crippen molar-refractivity contribution in [2.75, 3.05) is 13.2 Å². The zero-order chi connectivity index (χ0) is 57.7. The van der Waals surface area contributed by atoms with Crippen LogP contribution >= 0.6 is 0 Å². The average Bonchev–Trinajstić information content (AvgIpc) is 1.50. The molecule has 0 aliphatic heterocycles. The molecule has 0 radical (unpaired) electrons. The van der Waals surface area contributed by atoms with Gasteiger partial charge in [0.05, 0.1) is 13.2 Å². The minimum Gasteiger partial charge on any atom is -0.465 e. The van der Waals surface area contributed by atoms with Crippen LogP contribution in [0, 0.1) is 10.8 Å². The van der Waals surface area contributed by atoms with E-state index in [9.17, 15) is 9.59 Å². The first-order valence-electron chi connectivity index (χ1n) is 30.8. The number of fused-ring (bicyclic) bond motifs is 1. The number of carbonyl (C=O) groups excluding carboxylic acids is 4. The van der Waals surface area contributed by atoms with Crippen molar-refractivity contribution in [2.24, 2.45) is 10.8 Å². The lowest BCUT2D eigenvalue weighted by atomic mass is 9.26. The summed E-state index contributed by atoms with van der Waals surface area (Å²) >= 11 is 0. The molecule has 0 amide bonds. The molecular formula is C75H60O10. The number of hydrogen-bond donors (Lipinski definition) is 0. The molecule has 10 heteroatoms. The SMILES string of the molecule is CCC1(CC)C(C(=O)OCCCc2ccc(OC(=O)OC(C)(C)C)cc2)(C(=O)OCCCc2ccc(OC(=O)OC(C)(C)C)cc2)C2c3cc4c5c6c(cc7cc8c9c%10c(cc%11cc%12c%13c(c%14c3c5c3c%14c5c%13c%11c%10c5c5c9c7c6c35)C21C%12)C8)C4. The molecule has 10 nitrogen and oxygen atoms in total. The van der Waals surface area contributed by atoms with E-state index in [2.05, 4.69) is 44.2 Å². The Hall–Kier alpha value is -8.50. The summed E-state index contributed by atoms with van der Waals surface area (Å²) in [4.78, 5) is 58.0. The predicted octanol–water partition coefficient (Wildman–Crippen LogP) is 17.4. The molecule has 0 aromatic heterocycles. The molecule has 19 rings (SSSR count). The summed E-state index contributed by atoms with van der Waals surface area (Å²) in [6.07, 6.45) is 4.22. The predicted molar refractivity (Wildman–Crippen MR) is 333 cm³/mol. The number of hydrogen-bond acceptors (Lipinski definition) is 10. The normalized spacial score (nSPS) is 18.9. The molecule has 0 saturated heterocycles. The van der Waals surface area contributed by atoms with Crippen LogP contribution in [0.25, 0.3) is 118 Å². The lowest BCUT2D eigenvalue weighted by Crippen LogP contribution is -2.79. The fourth-order valence-electron chi connectivity index (χ4n) is 19.8. The van der Waals surface area contributed by atoms with E-state index in [4.69, 9.17) is 28.4 Å². The Kier molecular flexibility index (Phi) is 8.79. The van der Waals surface area contributed by atoms with Gasteiger partial charge < -0.3 is 28.4 Å². The number of aryl methyl sites for hydroxylation is 2. The third-order valence-electron chi connectivity index (χ3n) is 22.0. The van der Waals surface area contributed by atoms with E-state index in [1.807, 2.05) is 24.3 Å². The lowest BCUT2D eigenvalue weighted by Gasteiger charge is -2.73. The molecule has 1 fully saturated rings. The maximum Gasteiger partial charge on any atom is 0.514 e. The van der Waals surface area contributed by atoms with Crippen LogP contribution in [0.3, 0.4) is 0 Å². The van der Waals surface area contributed by atoms with Crippen LogP contribution in [-0.4, -0.2) is 48.7 Å². The Morgan fingerprint density at radius 2 is 0.847 bits per heavy atom. The first kappa shape index (κ1) is 48.8. The van der Waals surface area contributed by atoms with Crippen molar-refractivity contribution in [3.63, 3.8) is 0 Å². The number of carbonyl (C=O) groups is 4. The van der Waals surface area contributed by atoms with Crippen LogP contribution < -0.4 is 9.47 Å². The van der Waals surface area contributed by atoms with Crippen LogP contribution in [0.1, 0.15) is 137 Å². The second kappa shape index (κ2) is 15.3. The van der Waals surface area contributed by atoms with Gasteiger partial charge >= 0.3 is 24.2 Å². The first-order valence-corrected chi connectivity index (χ1v) is 30.8. The largest absolute Gasteiger partial charge is 0.514 e. The van der Waals surface area contributed by atoms with E-state index in [-0.39, 0.29) is 13.2 Å². The van der Waals surface area contributed by atoms with Crippen LogP contribution in [-0.2, 0) is 66.1 Å². The fraction of sp³-hybridized carbons (Fsp3) is 0.333. The molecule has 85 heavy (non-hydrogen) atoms. The van der Waals surface area contributed by atoms with Gasteiger partial charge in [-0.2, -0.15) is 0 Å². The van der Waals surface area contributed by atoms with Gasteiger partial charge in [0.2, 0.25) is 0 Å². The van der Waals surface area contributed by atoms with Gasteiger partial charge in [0.15, 0.2) is 5.41 Å². The van der Waals surface area contributed by atoms with E-state index >= 15 is 9.59 Å². The zero-order valence-corrected chi connectivity index (χ0v) is 48.9. The Balaban J connectivity index is 0.769. The smallest absolute Gasteiger partial charge is 0.465 e. The van der Waals surface area contributed by atoms with Gasteiger partial charge in [-0.05, 0) is 292 Å². The topological polar surface area (TPSA) is 124 Å². The van der Waals surface area contributed by atoms with E-state index in [0.29, 0.717) is 56.4 Å². The summed E-state index contributed by atoms with van der Waals surface area (Å²) in [6, 6.07) is 27.2. The monoisotopic (exact) mass is 1120 g/mol. The van der Waals surface area contributed by atoms with Crippen LogP contribution in [0.4, 0.5) is 9.59 Å². The Morgan fingerprint density at radius 3 is 1.28 bits per heavy atom. The third kappa shape index (κ3) is 5.41. The summed E-state index contributed by atoms with van der Waals surface area (Å²) in [5.74, 6) is -0.810. The van der Waals surface area contributed by atoms with E-state index < -0.39 is 57.6 Å². The van der Waals surface area contributed by atoms with E-state index in [0.717, 1.165) is 29.5 Å². The summed E-state index contributed by atoms with van der Waals surface area (Å²) in [5, 5.41) is 30.9. The van der Waals surface area contributed by atoms with Crippen molar-refractivity contribution in [1.82, 2.24) is 0 Å². The van der Waals surface area contributed by atoms with Crippen LogP contribution in [0.5, 0.6) is 11.5 Å². The van der Waals surface area contributed by atoms with Crippen molar-refractivity contribution in [3.05, 3.63) is 129 Å². The van der Waals surface area contributed by atoms with Gasteiger partial charge in [0.1, 0.15) is 22.7 Å². The molecule has 1 spiro atoms. The minimum atomic E-state index is -1.70. The second-order valence-corrected chi connectivity index (χ2v) is 28.0. The van der Waals surface area contributed by atoms with Gasteiger partial charge in [0.25, 0.3) is 0 Å². The third-order valence-corrected chi connectivity index (χ3v) is 22.0. The van der Waals surface area contributed by atoms with E-state index in [1.54, 1.807) is 65.8 Å². The quantitative estimate of drug-likeness (QED) is 0.0260. The molecule has 14 aromatic rings. The molecule has 0 heterocycles. The lowest BCUT2D eigenvalue weighted by molar-refractivity contribution is -0.236. The zero-order valence-electron chi connectivity index (χ0n) is 48.9. The van der Waals surface area contributed by atoms with Gasteiger partial charge in [-0.3, -0.25) is 9.59 Å². The highest BCUT2D eigenvalue weighted by atomic mass is 16.7. The summed E-state index contributed by atoms with van der Waals surface area (Å²) in [6.45, 7) is 15.4. The van der Waals surface area contributed by atoms with Gasteiger partial charge in [-0.25, -0.2) is 9.59 Å². The molecule has 0 N–H and O–H groups in total. The fourth-order valence-corrected chi connectivity index (χ4v) is 19.8. The average molecular weight is 1120 g/mol. The molecule has 5 aliphatic rings. The van der Waals surface area contributed by atoms with Gasteiger partial charge in [-0.1, -0.05) is 68.4 Å². The van der Waals surface area contributed by atoms with E-state index in [1.165, 1.54) is 152 Å². The maximum absolute atomic E-state index is 16.5. The van der Waals surface area contributed by atoms with Crippen molar-refractivity contribution >= 4 is 143 Å². The molecule has 0 bridgehead atoms. The maximum atomic E-state index is 16.5. The number of rotatable bonds is 14. The Labute approximate surface area is 488 Å². The minimum absolute atomic E-state index is 0.0980. The molecule has 1 saturated carbocycles. The molecule has 420 valence electrons. The molecule has 2 atom stereocenters. The van der Waals surface area contributed by atoms with Gasteiger partial charge in [0, 0.05) is 16.7 Å². The highest BCUT2D eigenvalue weighted by Crippen LogP contribution is 2.85. The summed E-state index contributed by atoms with van der Waals surface area (Å²) in [5.41, 5.74) is 6.74. The Morgan fingerprint density at radius 1 is 0.459 bits per heavy atom. The van der Waals surface area contributed by atoms with Crippen LogP contribution in [0.15, 0.2) is 78.9 Å². The van der Waals surface area contributed by atoms with Gasteiger partial charge in [-0.15, -0.1) is 0 Å². The summed E-state index contributed by atoms with van der Waals surface area (Å²) < 4.78 is 35.2. The van der Waals surface area contributed by atoms with Crippen molar-refractivity contribution in [2.45, 2.75) is 136 Å². The standard InChI is InChI=1S/C75H60O10/c1-9-73(10-2)74-32-41-30-39-28-36-25-35-26-38-27-37-29-40-31-44(52-57-48(40)47(37)54-49(38)53-45(35)46(36)55-50(39)56-51(41)65(74)64(52)63-61(56)59(55)58(53)60(54)62(57)63)66(74)75(73,67(76)80-23-11-13-33-15-19-42(20-16-33)82-69(78)84-71(3,4)5)68(77)81-24-12-14-34-17-21-43(22-18-34)83-70(79)85-72(6,7)8/h15-22,26-28,30-31,66H,9-14,23-25,29,32H2,1-8H3. The molecule has 5 aliphatic carbocycles. The van der Waals surface area contributed by atoms with Crippen molar-refractivity contribution < 1.29 is 47.6 Å². The first-order chi connectivity index (χ1) is 40.9. The second-order valence-electron chi connectivity index (χ2n) is 28.0. The highest BCUT2D eigenvalue weighted by molar-refractivity contribution is 6.65. The van der Waals surface area contributed by atoms with Crippen LogP contribution in [0.2, 0.25) is 0 Å².